The van der Waals surface area contributed by atoms with Crippen LogP contribution in [0.3, 0.4) is 0 Å². The Kier molecular flexibility index (Phi) is 2.07. The Bertz CT molecular complexity index is 223. The standard InChI is InChI=1S/C13H21N/c1-2-14-8-3-4-10-11-5-6-12(10)13(11)7-9-14/h2,10-13H,1,3-9H2. The second kappa shape index (κ2) is 3.29. The van der Waals surface area contributed by atoms with Crippen molar-refractivity contribution in [3.8, 4) is 0 Å². The maximum Gasteiger partial charge on any atom is 0.0175 e. The molecule has 0 aromatic heterocycles. The van der Waals surface area contributed by atoms with Crippen LogP contribution in [0.4, 0.5) is 0 Å². The van der Waals surface area contributed by atoms with E-state index < -0.39 is 0 Å². The normalized spacial score (nSPS) is 46.1. The third kappa shape index (κ3) is 1.14. The molecule has 0 radical (unpaired) electrons. The fourth-order valence-corrected chi connectivity index (χ4v) is 4.36. The summed E-state index contributed by atoms with van der Waals surface area (Å²) in [5.74, 6) is 4.49. The maximum atomic E-state index is 3.91. The van der Waals surface area contributed by atoms with Gasteiger partial charge in [0.15, 0.2) is 0 Å². The molecular weight excluding hydrogens is 170 g/mol. The van der Waals surface area contributed by atoms with Crippen molar-refractivity contribution in [2.45, 2.75) is 32.1 Å². The van der Waals surface area contributed by atoms with Gasteiger partial charge in [-0.2, -0.15) is 0 Å². The lowest BCUT2D eigenvalue weighted by Crippen LogP contribution is -2.39. The second-order valence-electron chi connectivity index (χ2n) is 5.38. The van der Waals surface area contributed by atoms with Crippen molar-refractivity contribution in [1.29, 1.82) is 0 Å². The van der Waals surface area contributed by atoms with E-state index in [4.69, 9.17) is 0 Å². The van der Waals surface area contributed by atoms with Gasteiger partial charge in [0, 0.05) is 13.1 Å². The van der Waals surface area contributed by atoms with Gasteiger partial charge in [-0.3, -0.25) is 0 Å². The highest BCUT2D eigenvalue weighted by Crippen LogP contribution is 2.61. The number of hydrogen-bond acceptors (Lipinski definition) is 1. The molecule has 0 amide bonds. The number of fused-ring (bicyclic) bond motifs is 6. The van der Waals surface area contributed by atoms with Gasteiger partial charge < -0.3 is 4.90 Å². The van der Waals surface area contributed by atoms with E-state index in [9.17, 15) is 0 Å². The number of nitrogens with zero attached hydrogens (tertiary/aromatic N) is 1. The fourth-order valence-electron chi connectivity index (χ4n) is 4.36. The molecule has 0 spiro atoms. The van der Waals surface area contributed by atoms with Gasteiger partial charge in [-0.05, 0) is 62.0 Å². The summed E-state index contributed by atoms with van der Waals surface area (Å²) in [7, 11) is 0. The van der Waals surface area contributed by atoms with E-state index >= 15 is 0 Å². The lowest BCUT2D eigenvalue weighted by atomic mass is 9.61. The van der Waals surface area contributed by atoms with Crippen molar-refractivity contribution in [2.75, 3.05) is 13.1 Å². The van der Waals surface area contributed by atoms with Crippen molar-refractivity contribution in [2.24, 2.45) is 23.7 Å². The summed E-state index contributed by atoms with van der Waals surface area (Å²) in [6.45, 7) is 6.43. The highest BCUT2D eigenvalue weighted by atomic mass is 15.1. The quantitative estimate of drug-likeness (QED) is 0.616. The first kappa shape index (κ1) is 8.82. The van der Waals surface area contributed by atoms with Crippen LogP contribution in [-0.4, -0.2) is 18.0 Å². The van der Waals surface area contributed by atoms with Gasteiger partial charge in [0.2, 0.25) is 0 Å². The van der Waals surface area contributed by atoms with E-state index in [1.165, 1.54) is 32.4 Å². The Balaban J connectivity index is 1.70. The molecule has 2 atom stereocenters. The molecule has 5 fully saturated rings. The van der Waals surface area contributed by atoms with Crippen LogP contribution in [0.15, 0.2) is 12.8 Å². The van der Waals surface area contributed by atoms with Gasteiger partial charge in [-0.1, -0.05) is 6.58 Å². The lowest BCUT2D eigenvalue weighted by molar-refractivity contribution is 0.0394. The number of hydrogen-bond donors (Lipinski definition) is 0. The van der Waals surface area contributed by atoms with Crippen LogP contribution in [0.25, 0.3) is 0 Å². The zero-order chi connectivity index (χ0) is 9.54. The molecule has 3 aliphatic carbocycles. The minimum atomic E-state index is 1.10. The minimum absolute atomic E-state index is 1.10. The van der Waals surface area contributed by atoms with E-state index in [0.717, 1.165) is 23.7 Å². The summed E-state index contributed by atoms with van der Waals surface area (Å²) in [6, 6.07) is 0. The molecule has 2 saturated heterocycles. The van der Waals surface area contributed by atoms with Crippen LogP contribution in [-0.2, 0) is 0 Å². The van der Waals surface area contributed by atoms with Crippen molar-refractivity contribution in [3.63, 3.8) is 0 Å². The first-order chi connectivity index (χ1) is 6.90. The first-order valence-electron chi connectivity index (χ1n) is 6.27. The van der Waals surface area contributed by atoms with Gasteiger partial charge in [-0.15, -0.1) is 0 Å². The monoisotopic (exact) mass is 191 g/mol. The predicted molar refractivity (Wildman–Crippen MR) is 58.8 cm³/mol. The summed E-state index contributed by atoms with van der Waals surface area (Å²) in [4.78, 5) is 2.43. The Labute approximate surface area is 87.2 Å². The average molecular weight is 191 g/mol. The molecule has 78 valence electrons. The Morgan fingerprint density at radius 1 is 0.857 bits per heavy atom. The third-order valence-electron chi connectivity index (χ3n) is 5.02. The first-order valence-corrected chi connectivity index (χ1v) is 6.27. The lowest BCUT2D eigenvalue weighted by Gasteiger charge is -2.44. The zero-order valence-corrected chi connectivity index (χ0v) is 8.99. The van der Waals surface area contributed by atoms with Crippen LogP contribution >= 0.6 is 0 Å². The van der Waals surface area contributed by atoms with E-state index in [1.54, 1.807) is 12.8 Å². The molecule has 0 aromatic carbocycles. The molecule has 3 saturated carbocycles. The van der Waals surface area contributed by atoms with Gasteiger partial charge in [0.25, 0.3) is 0 Å². The summed E-state index contributed by atoms with van der Waals surface area (Å²) in [5, 5.41) is 0. The van der Waals surface area contributed by atoms with Gasteiger partial charge in [0.05, 0.1) is 0 Å². The van der Waals surface area contributed by atoms with Crippen molar-refractivity contribution in [1.82, 2.24) is 4.90 Å². The topological polar surface area (TPSA) is 3.24 Å². The molecule has 0 aromatic rings. The molecule has 14 heavy (non-hydrogen) atoms. The molecule has 2 heterocycles. The van der Waals surface area contributed by atoms with E-state index in [1.807, 2.05) is 6.20 Å². The van der Waals surface area contributed by atoms with Crippen LogP contribution in [0.1, 0.15) is 32.1 Å². The third-order valence-corrected chi connectivity index (χ3v) is 5.02. The van der Waals surface area contributed by atoms with E-state index in [2.05, 4.69) is 11.5 Å². The average Bonchev–Trinajstić information content (AvgIpc) is 2.81. The van der Waals surface area contributed by atoms with Crippen molar-refractivity contribution >= 4 is 0 Å². The van der Waals surface area contributed by atoms with Crippen LogP contribution in [0.2, 0.25) is 0 Å². The molecule has 5 aliphatic rings. The molecule has 5 rings (SSSR count). The summed E-state index contributed by atoms with van der Waals surface area (Å²) >= 11 is 0. The van der Waals surface area contributed by atoms with Crippen LogP contribution < -0.4 is 0 Å². The smallest absolute Gasteiger partial charge is 0.0175 e. The SMILES string of the molecule is C=CN1CCCC2C3CCC2C3CC1. The molecule has 2 unspecified atom stereocenters. The van der Waals surface area contributed by atoms with E-state index in [-0.39, 0.29) is 0 Å². The molecule has 4 bridgehead atoms. The van der Waals surface area contributed by atoms with Gasteiger partial charge in [-0.25, -0.2) is 0 Å². The fraction of sp³-hybridized carbons (Fsp3) is 0.846. The maximum absolute atomic E-state index is 3.91. The summed E-state index contributed by atoms with van der Waals surface area (Å²) in [6.07, 6.45) is 9.48. The van der Waals surface area contributed by atoms with Crippen LogP contribution in [0.5, 0.6) is 0 Å². The molecule has 1 nitrogen and oxygen atoms in total. The molecule has 1 heteroatoms. The largest absolute Gasteiger partial charge is 0.378 e. The van der Waals surface area contributed by atoms with Crippen molar-refractivity contribution in [3.05, 3.63) is 12.8 Å². The summed E-state index contributed by atoms with van der Waals surface area (Å²) < 4.78 is 0. The predicted octanol–water partition coefficient (Wildman–Crippen LogP) is 2.89. The summed E-state index contributed by atoms with van der Waals surface area (Å²) in [5.41, 5.74) is 0. The van der Waals surface area contributed by atoms with Crippen LogP contribution in [0, 0.1) is 23.7 Å². The van der Waals surface area contributed by atoms with Gasteiger partial charge in [0.1, 0.15) is 0 Å². The second-order valence-corrected chi connectivity index (χ2v) is 5.38. The Morgan fingerprint density at radius 2 is 1.50 bits per heavy atom. The molecule has 2 aliphatic heterocycles. The van der Waals surface area contributed by atoms with E-state index in [0.29, 0.717) is 0 Å². The van der Waals surface area contributed by atoms with Gasteiger partial charge >= 0.3 is 0 Å². The van der Waals surface area contributed by atoms with Crippen molar-refractivity contribution < 1.29 is 0 Å². The highest BCUT2D eigenvalue weighted by molar-refractivity contribution is 5.03. The number of rotatable bonds is 1. The molecular formula is C13H21N. The highest BCUT2D eigenvalue weighted by Gasteiger charge is 2.54. The zero-order valence-electron chi connectivity index (χ0n) is 8.99. The Hall–Kier alpha value is -0.460. The minimum Gasteiger partial charge on any atom is -0.378 e. The molecule has 0 N–H and O–H groups in total. The Morgan fingerprint density at radius 3 is 2.21 bits per heavy atom.